The predicted octanol–water partition coefficient (Wildman–Crippen LogP) is 5.48. The maximum atomic E-state index is 6.69. The predicted molar refractivity (Wildman–Crippen MR) is 155 cm³/mol. The molecular weight excluding hydrogens is 465 g/mol. The summed E-state index contributed by atoms with van der Waals surface area (Å²) < 4.78 is 15.7. The van der Waals surface area contributed by atoms with Gasteiger partial charge >= 0.3 is 0 Å². The minimum atomic E-state index is -0.951. The Morgan fingerprint density at radius 2 is 0.944 bits per heavy atom. The molecule has 0 amide bonds. The lowest BCUT2D eigenvalue weighted by molar-refractivity contribution is 0.0839. The second-order valence-electron chi connectivity index (χ2n) is 9.79. The fourth-order valence-electron chi connectivity index (χ4n) is 4.16. The van der Waals surface area contributed by atoms with Crippen molar-refractivity contribution in [3.8, 4) is 11.5 Å². The molecule has 5 nitrogen and oxygen atoms in total. The van der Waals surface area contributed by atoms with E-state index in [1.807, 2.05) is 28.2 Å². The fourth-order valence-corrected chi connectivity index (χ4v) is 6.44. The molecule has 4 aromatic rings. The molecule has 0 saturated carbocycles. The van der Waals surface area contributed by atoms with Gasteiger partial charge in [0.25, 0.3) is 0 Å². The Kier molecular flexibility index (Phi) is 8.17. The van der Waals surface area contributed by atoms with Gasteiger partial charge in [-0.05, 0) is 79.0 Å². The van der Waals surface area contributed by atoms with Crippen LogP contribution in [0, 0.1) is 0 Å². The van der Waals surface area contributed by atoms with Gasteiger partial charge in [0.05, 0.1) is 0 Å². The van der Waals surface area contributed by atoms with E-state index in [2.05, 4.69) is 115 Å². The SMILES string of the molecule is CC(Oc1c(P(c2ccc3ccccc3c2OC(C)N(C)C)N(C)C)ccc2ccccc12)N(C)C. The van der Waals surface area contributed by atoms with Crippen molar-refractivity contribution in [2.75, 3.05) is 42.3 Å². The van der Waals surface area contributed by atoms with Gasteiger partial charge in [0.2, 0.25) is 0 Å². The van der Waals surface area contributed by atoms with Gasteiger partial charge in [-0.2, -0.15) is 0 Å². The number of hydrogen-bond acceptors (Lipinski definition) is 5. The van der Waals surface area contributed by atoms with Gasteiger partial charge in [-0.1, -0.05) is 60.7 Å². The van der Waals surface area contributed by atoms with Gasteiger partial charge in [0.15, 0.2) is 0 Å². The average molecular weight is 504 g/mol. The molecule has 0 aliphatic rings. The number of ether oxygens (including phenoxy) is 2. The molecule has 4 rings (SSSR count). The van der Waals surface area contributed by atoms with Gasteiger partial charge in [-0.25, -0.2) is 0 Å². The van der Waals surface area contributed by atoms with Gasteiger partial charge < -0.3 is 9.47 Å². The lowest BCUT2D eigenvalue weighted by Gasteiger charge is -2.32. The number of rotatable bonds is 9. The van der Waals surface area contributed by atoms with Crippen molar-refractivity contribution in [1.82, 2.24) is 14.5 Å². The van der Waals surface area contributed by atoms with Crippen LogP contribution in [0.5, 0.6) is 11.5 Å². The Labute approximate surface area is 217 Å². The summed E-state index contributed by atoms with van der Waals surface area (Å²) in [5.41, 5.74) is 0. The third-order valence-corrected chi connectivity index (χ3v) is 9.02. The largest absolute Gasteiger partial charge is 0.474 e. The van der Waals surface area contributed by atoms with Crippen molar-refractivity contribution in [3.63, 3.8) is 0 Å². The smallest absolute Gasteiger partial charge is 0.149 e. The first-order valence-corrected chi connectivity index (χ1v) is 13.7. The number of benzene rings is 4. The molecule has 2 unspecified atom stereocenters. The van der Waals surface area contributed by atoms with E-state index >= 15 is 0 Å². The van der Waals surface area contributed by atoms with Crippen LogP contribution in [0.1, 0.15) is 13.8 Å². The summed E-state index contributed by atoms with van der Waals surface area (Å²) in [7, 11) is 11.5. The molecule has 0 radical (unpaired) electrons. The highest BCUT2D eigenvalue weighted by molar-refractivity contribution is 7.71. The molecule has 0 aliphatic heterocycles. The Morgan fingerprint density at radius 1 is 0.556 bits per heavy atom. The molecule has 0 aliphatic carbocycles. The van der Waals surface area contributed by atoms with Crippen LogP contribution in [0.4, 0.5) is 0 Å². The summed E-state index contributed by atoms with van der Waals surface area (Å²) >= 11 is 0. The number of hydrogen-bond donors (Lipinski definition) is 0. The lowest BCUT2D eigenvalue weighted by Crippen LogP contribution is -2.34. The zero-order valence-corrected chi connectivity index (χ0v) is 23.6. The van der Waals surface area contributed by atoms with Crippen LogP contribution >= 0.6 is 8.07 Å². The minimum absolute atomic E-state index is 0.0744. The Hall–Kier alpha value is -2.69. The fraction of sp³-hybridized carbons (Fsp3) is 0.333. The summed E-state index contributed by atoms with van der Waals surface area (Å²) in [6.07, 6.45) is -0.149. The Morgan fingerprint density at radius 3 is 1.31 bits per heavy atom. The highest BCUT2D eigenvalue weighted by atomic mass is 31.1. The van der Waals surface area contributed by atoms with E-state index < -0.39 is 8.07 Å². The molecule has 190 valence electrons. The molecule has 2 atom stereocenters. The van der Waals surface area contributed by atoms with Crippen molar-refractivity contribution in [2.24, 2.45) is 0 Å². The van der Waals surface area contributed by atoms with Crippen molar-refractivity contribution < 1.29 is 9.47 Å². The molecule has 0 spiro atoms. The Bertz CT molecular complexity index is 1240. The first kappa shape index (κ1) is 26.4. The van der Waals surface area contributed by atoms with Crippen LogP contribution in [0.15, 0.2) is 72.8 Å². The van der Waals surface area contributed by atoms with E-state index in [1.54, 1.807) is 0 Å². The summed E-state index contributed by atoms with van der Waals surface area (Å²) in [6, 6.07) is 25.8. The first-order valence-electron chi connectivity index (χ1n) is 12.4. The second kappa shape index (κ2) is 11.1. The maximum Gasteiger partial charge on any atom is 0.149 e. The van der Waals surface area contributed by atoms with E-state index in [4.69, 9.17) is 9.47 Å². The second-order valence-corrected chi connectivity index (χ2v) is 12.2. The van der Waals surface area contributed by atoms with Gasteiger partial charge in [0.1, 0.15) is 24.0 Å². The third-order valence-electron chi connectivity index (χ3n) is 6.61. The molecule has 0 bridgehead atoms. The normalized spacial score (nSPS) is 14.5. The van der Waals surface area contributed by atoms with Crippen LogP contribution < -0.4 is 20.1 Å². The molecule has 4 aromatic carbocycles. The van der Waals surface area contributed by atoms with Gasteiger partial charge in [-0.3, -0.25) is 14.5 Å². The first-order chi connectivity index (χ1) is 17.2. The molecule has 0 saturated heterocycles. The molecule has 0 N–H and O–H groups in total. The van der Waals surface area contributed by atoms with E-state index in [9.17, 15) is 0 Å². The van der Waals surface area contributed by atoms with Crippen molar-refractivity contribution >= 4 is 40.2 Å². The summed E-state index contributed by atoms with van der Waals surface area (Å²) in [5.74, 6) is 1.88. The quantitative estimate of drug-likeness (QED) is 0.223. The van der Waals surface area contributed by atoms with Crippen LogP contribution in [-0.2, 0) is 0 Å². The number of fused-ring (bicyclic) bond motifs is 2. The van der Waals surface area contributed by atoms with E-state index in [1.165, 1.54) is 21.4 Å². The van der Waals surface area contributed by atoms with E-state index in [0.717, 1.165) is 22.3 Å². The topological polar surface area (TPSA) is 28.2 Å². The van der Waals surface area contributed by atoms with Crippen LogP contribution in [0.2, 0.25) is 0 Å². The van der Waals surface area contributed by atoms with Crippen LogP contribution in [-0.4, -0.2) is 69.2 Å². The van der Waals surface area contributed by atoms with Gasteiger partial charge in [0, 0.05) is 29.5 Å². The molecule has 0 heterocycles. The summed E-state index contributed by atoms with van der Waals surface area (Å²) in [4.78, 5) is 4.18. The highest BCUT2D eigenvalue weighted by Gasteiger charge is 2.28. The van der Waals surface area contributed by atoms with Crippen molar-refractivity contribution in [2.45, 2.75) is 26.3 Å². The van der Waals surface area contributed by atoms with Gasteiger partial charge in [-0.15, -0.1) is 0 Å². The van der Waals surface area contributed by atoms with Crippen LogP contribution in [0.3, 0.4) is 0 Å². The third kappa shape index (κ3) is 5.35. The highest BCUT2D eigenvalue weighted by Crippen LogP contribution is 2.45. The van der Waals surface area contributed by atoms with E-state index in [0.29, 0.717) is 0 Å². The average Bonchev–Trinajstić information content (AvgIpc) is 2.85. The Balaban J connectivity index is 1.98. The lowest BCUT2D eigenvalue weighted by atomic mass is 10.1. The molecule has 0 aromatic heterocycles. The molecule has 36 heavy (non-hydrogen) atoms. The van der Waals surface area contributed by atoms with Crippen molar-refractivity contribution in [3.05, 3.63) is 72.8 Å². The van der Waals surface area contributed by atoms with Crippen molar-refractivity contribution in [1.29, 1.82) is 0 Å². The van der Waals surface area contributed by atoms with Crippen LogP contribution in [0.25, 0.3) is 21.5 Å². The minimum Gasteiger partial charge on any atom is -0.474 e. The molecule has 0 fully saturated rings. The zero-order chi connectivity index (χ0) is 26.0. The monoisotopic (exact) mass is 503 g/mol. The number of nitrogens with zero attached hydrogens (tertiary/aromatic N) is 3. The molecular formula is C30H38N3O2P. The molecule has 6 heteroatoms. The summed E-state index contributed by atoms with van der Waals surface area (Å²) in [5, 5.41) is 6.96. The summed E-state index contributed by atoms with van der Waals surface area (Å²) in [6.45, 7) is 4.18. The maximum absolute atomic E-state index is 6.69. The zero-order valence-electron chi connectivity index (χ0n) is 22.7. The van der Waals surface area contributed by atoms with E-state index in [-0.39, 0.29) is 12.5 Å². The standard InChI is InChI=1S/C30H38N3O2P/c1-21(31(3)4)34-29-25-15-11-9-13-23(25)17-19-27(29)36(33(7)8)28-20-18-24-14-10-12-16-26(24)30(28)35-22(2)32(5)6/h9-22H,1-8H3.